The number of esters is 1. The van der Waals surface area contributed by atoms with Gasteiger partial charge in [-0.2, -0.15) is 0 Å². The third-order valence-electron chi connectivity index (χ3n) is 2.99. The van der Waals surface area contributed by atoms with E-state index in [1.54, 1.807) is 0 Å². The van der Waals surface area contributed by atoms with Crippen molar-refractivity contribution in [2.75, 3.05) is 7.11 Å². The number of aryl methyl sites for hydroxylation is 1. The highest BCUT2D eigenvalue weighted by Gasteiger charge is 2.40. The first-order valence-electron chi connectivity index (χ1n) is 5.67. The topological polar surface area (TPSA) is 111 Å². The van der Waals surface area contributed by atoms with Crippen molar-refractivity contribution >= 4 is 5.97 Å². The highest BCUT2D eigenvalue weighted by molar-refractivity contribution is 5.75. The molecule has 104 valence electrons. The Morgan fingerprint density at radius 2 is 2.26 bits per heavy atom. The third-order valence-corrected chi connectivity index (χ3v) is 2.99. The molecule has 0 aromatic carbocycles. The van der Waals surface area contributed by atoms with Gasteiger partial charge in [0, 0.05) is 18.2 Å². The molecule has 3 atom stereocenters. The maximum atomic E-state index is 11.7. The first-order valence-corrected chi connectivity index (χ1v) is 5.67. The molecule has 2 heterocycles. The quantitative estimate of drug-likeness (QED) is 0.644. The van der Waals surface area contributed by atoms with Crippen molar-refractivity contribution in [3.05, 3.63) is 32.6 Å². The fourth-order valence-corrected chi connectivity index (χ4v) is 1.95. The SMILES string of the molecule is COC(=O)[C@H]1O[C@@H](n2cc(C)c(=O)[nH]c2=O)C[C@@H]1O. The lowest BCUT2D eigenvalue weighted by Gasteiger charge is -2.14. The minimum atomic E-state index is -1.13. The minimum absolute atomic E-state index is 0.0607. The standard InChI is InChI=1S/C11H14N2O6/c1-5-4-13(11(17)12-9(5)15)7-3-6(14)8(19-7)10(16)18-2/h4,6-8,14H,3H2,1-2H3,(H,12,15,17)/t6-,7+,8-/m0/s1. The molecule has 1 saturated heterocycles. The molecular weight excluding hydrogens is 256 g/mol. The molecule has 1 aliphatic heterocycles. The van der Waals surface area contributed by atoms with Crippen LogP contribution < -0.4 is 11.2 Å². The molecule has 0 unspecified atom stereocenters. The van der Waals surface area contributed by atoms with Gasteiger partial charge in [-0.15, -0.1) is 0 Å². The number of carbonyl (C=O) groups is 1. The number of ether oxygens (including phenoxy) is 2. The molecule has 1 aromatic rings. The van der Waals surface area contributed by atoms with E-state index in [1.165, 1.54) is 20.2 Å². The van der Waals surface area contributed by atoms with Gasteiger partial charge in [-0.05, 0) is 6.92 Å². The van der Waals surface area contributed by atoms with Gasteiger partial charge in [0.05, 0.1) is 13.2 Å². The molecule has 19 heavy (non-hydrogen) atoms. The Balaban J connectivity index is 2.30. The van der Waals surface area contributed by atoms with Crippen LogP contribution in [0.1, 0.15) is 18.2 Å². The van der Waals surface area contributed by atoms with Gasteiger partial charge < -0.3 is 14.6 Å². The zero-order valence-electron chi connectivity index (χ0n) is 10.5. The molecule has 0 saturated carbocycles. The molecule has 1 fully saturated rings. The predicted octanol–water partition coefficient (Wildman–Crippen LogP) is -1.33. The van der Waals surface area contributed by atoms with Gasteiger partial charge >= 0.3 is 11.7 Å². The van der Waals surface area contributed by atoms with Crippen molar-refractivity contribution in [3.8, 4) is 0 Å². The number of aromatic amines is 1. The number of aliphatic hydroxyl groups excluding tert-OH is 1. The van der Waals surface area contributed by atoms with E-state index < -0.39 is 35.7 Å². The molecule has 1 aliphatic rings. The maximum Gasteiger partial charge on any atom is 0.337 e. The number of H-pyrrole nitrogens is 1. The molecule has 2 N–H and O–H groups in total. The fourth-order valence-electron chi connectivity index (χ4n) is 1.95. The van der Waals surface area contributed by atoms with Crippen molar-refractivity contribution in [2.45, 2.75) is 31.8 Å². The molecule has 0 amide bonds. The summed E-state index contributed by atoms with van der Waals surface area (Å²) in [5.74, 6) is -0.704. The van der Waals surface area contributed by atoms with Crippen LogP contribution in [0.5, 0.6) is 0 Å². The molecule has 0 aliphatic carbocycles. The second kappa shape index (κ2) is 4.98. The lowest BCUT2D eigenvalue weighted by molar-refractivity contribution is -0.159. The van der Waals surface area contributed by atoms with E-state index in [1.807, 2.05) is 0 Å². The van der Waals surface area contributed by atoms with E-state index in [0.717, 1.165) is 4.57 Å². The highest BCUT2D eigenvalue weighted by Crippen LogP contribution is 2.28. The molecular formula is C11H14N2O6. The van der Waals surface area contributed by atoms with Gasteiger partial charge in [0.15, 0.2) is 6.10 Å². The van der Waals surface area contributed by atoms with Crippen molar-refractivity contribution < 1.29 is 19.4 Å². The van der Waals surface area contributed by atoms with Gasteiger partial charge in [0.25, 0.3) is 5.56 Å². The number of nitrogens with one attached hydrogen (secondary N) is 1. The molecule has 1 aromatic heterocycles. The smallest absolute Gasteiger partial charge is 0.337 e. The number of methoxy groups -OCH3 is 1. The Hall–Kier alpha value is -1.93. The number of hydrogen-bond donors (Lipinski definition) is 2. The molecule has 8 heteroatoms. The van der Waals surface area contributed by atoms with Crippen LogP contribution in [0.25, 0.3) is 0 Å². The average Bonchev–Trinajstić information content (AvgIpc) is 2.75. The summed E-state index contributed by atoms with van der Waals surface area (Å²) in [7, 11) is 1.18. The van der Waals surface area contributed by atoms with Crippen LogP contribution >= 0.6 is 0 Å². The number of aromatic nitrogens is 2. The second-order valence-corrected chi connectivity index (χ2v) is 4.32. The Bertz CT molecular complexity index is 604. The summed E-state index contributed by atoms with van der Waals surface area (Å²) in [6.07, 6.45) is -1.61. The zero-order chi connectivity index (χ0) is 14.2. The molecule has 0 bridgehead atoms. The average molecular weight is 270 g/mol. The monoisotopic (exact) mass is 270 g/mol. The zero-order valence-corrected chi connectivity index (χ0v) is 10.5. The Morgan fingerprint density at radius 1 is 1.58 bits per heavy atom. The summed E-state index contributed by atoms with van der Waals surface area (Å²) < 4.78 is 10.9. The lowest BCUT2D eigenvalue weighted by Crippen LogP contribution is -2.34. The van der Waals surface area contributed by atoms with Crippen LogP contribution in [0, 0.1) is 6.92 Å². The van der Waals surface area contributed by atoms with Crippen LogP contribution in [0.2, 0.25) is 0 Å². The summed E-state index contributed by atoms with van der Waals surface area (Å²) in [6.45, 7) is 1.54. The summed E-state index contributed by atoms with van der Waals surface area (Å²) >= 11 is 0. The number of hydrogen-bond acceptors (Lipinski definition) is 6. The molecule has 0 radical (unpaired) electrons. The first kappa shape index (κ1) is 13.5. The van der Waals surface area contributed by atoms with Crippen LogP contribution in [0.4, 0.5) is 0 Å². The van der Waals surface area contributed by atoms with E-state index in [4.69, 9.17) is 4.74 Å². The largest absolute Gasteiger partial charge is 0.467 e. The van der Waals surface area contributed by atoms with Gasteiger partial charge in [0.1, 0.15) is 6.23 Å². The van der Waals surface area contributed by atoms with Crippen molar-refractivity contribution in [3.63, 3.8) is 0 Å². The highest BCUT2D eigenvalue weighted by atomic mass is 16.6. The fraction of sp³-hybridized carbons (Fsp3) is 0.545. The molecule has 0 spiro atoms. The maximum absolute atomic E-state index is 11.7. The Morgan fingerprint density at radius 3 is 2.89 bits per heavy atom. The molecule has 8 nitrogen and oxygen atoms in total. The van der Waals surface area contributed by atoms with Gasteiger partial charge in [-0.1, -0.05) is 0 Å². The number of nitrogens with zero attached hydrogens (tertiary/aromatic N) is 1. The summed E-state index contributed by atoms with van der Waals surface area (Å²) in [4.78, 5) is 36.4. The van der Waals surface area contributed by atoms with Crippen molar-refractivity contribution in [2.24, 2.45) is 0 Å². The number of aliphatic hydroxyl groups is 1. The summed E-state index contributed by atoms with van der Waals surface area (Å²) in [6, 6.07) is 0. The predicted molar refractivity (Wildman–Crippen MR) is 62.6 cm³/mol. The van der Waals surface area contributed by atoms with E-state index in [0.29, 0.717) is 5.56 Å². The summed E-state index contributed by atoms with van der Waals surface area (Å²) in [5, 5.41) is 9.72. The van der Waals surface area contributed by atoms with Crippen LogP contribution in [0.3, 0.4) is 0 Å². The Labute approximate surface area is 107 Å². The molecule has 2 rings (SSSR count). The van der Waals surface area contributed by atoms with Gasteiger partial charge in [0.2, 0.25) is 0 Å². The third kappa shape index (κ3) is 2.45. The van der Waals surface area contributed by atoms with Crippen LogP contribution in [0.15, 0.2) is 15.8 Å². The van der Waals surface area contributed by atoms with E-state index in [2.05, 4.69) is 9.72 Å². The van der Waals surface area contributed by atoms with E-state index in [-0.39, 0.29) is 6.42 Å². The number of rotatable bonds is 2. The van der Waals surface area contributed by atoms with Crippen LogP contribution in [-0.4, -0.2) is 39.9 Å². The van der Waals surface area contributed by atoms with Crippen LogP contribution in [-0.2, 0) is 14.3 Å². The normalized spacial score (nSPS) is 26.4. The van der Waals surface area contributed by atoms with E-state index >= 15 is 0 Å². The summed E-state index contributed by atoms with van der Waals surface area (Å²) in [5.41, 5.74) is -0.804. The Kier molecular flexibility index (Phi) is 3.54. The van der Waals surface area contributed by atoms with E-state index in [9.17, 15) is 19.5 Å². The van der Waals surface area contributed by atoms with Crippen molar-refractivity contribution in [1.82, 2.24) is 9.55 Å². The lowest BCUT2D eigenvalue weighted by atomic mass is 10.2. The first-order chi connectivity index (χ1) is 8.93. The number of carbonyl (C=O) groups excluding carboxylic acids is 1. The van der Waals surface area contributed by atoms with Crippen molar-refractivity contribution in [1.29, 1.82) is 0 Å². The van der Waals surface area contributed by atoms with Gasteiger partial charge in [-0.25, -0.2) is 9.59 Å². The van der Waals surface area contributed by atoms with Gasteiger partial charge in [-0.3, -0.25) is 14.3 Å². The second-order valence-electron chi connectivity index (χ2n) is 4.32. The minimum Gasteiger partial charge on any atom is -0.467 e.